The summed E-state index contributed by atoms with van der Waals surface area (Å²) < 4.78 is 0. The summed E-state index contributed by atoms with van der Waals surface area (Å²) in [6.07, 6.45) is 0.987. The number of benzene rings is 1. The molecule has 2 heterocycles. The number of anilines is 3. The SMILES string of the molecule is CCc1cc2c(N(C)c3ccccc3)nc(NN)nc2s1. The minimum atomic E-state index is 0.435. The zero-order chi connectivity index (χ0) is 14.8. The molecule has 1 aromatic carbocycles. The first-order chi connectivity index (χ1) is 10.2. The number of hydrogen-bond acceptors (Lipinski definition) is 6. The zero-order valence-corrected chi connectivity index (χ0v) is 12.8. The van der Waals surface area contributed by atoms with E-state index in [4.69, 9.17) is 5.84 Å². The fraction of sp³-hybridized carbons (Fsp3) is 0.200. The number of nitrogens with zero attached hydrogens (tertiary/aromatic N) is 3. The summed E-state index contributed by atoms with van der Waals surface area (Å²) in [6, 6.07) is 12.3. The van der Waals surface area contributed by atoms with Gasteiger partial charge >= 0.3 is 0 Å². The first-order valence-electron chi connectivity index (χ1n) is 6.78. The summed E-state index contributed by atoms with van der Waals surface area (Å²) in [4.78, 5) is 13.3. The molecule has 108 valence electrons. The second kappa shape index (κ2) is 5.67. The van der Waals surface area contributed by atoms with Crippen molar-refractivity contribution in [2.75, 3.05) is 17.4 Å². The third-order valence-corrected chi connectivity index (χ3v) is 4.54. The van der Waals surface area contributed by atoms with Crippen LogP contribution in [0.2, 0.25) is 0 Å². The molecule has 0 aliphatic carbocycles. The Balaban J connectivity index is 2.17. The molecule has 0 aliphatic rings. The van der Waals surface area contributed by atoms with E-state index in [0.29, 0.717) is 5.95 Å². The number of rotatable bonds is 4. The third-order valence-electron chi connectivity index (χ3n) is 3.36. The van der Waals surface area contributed by atoms with Gasteiger partial charge in [0.15, 0.2) is 0 Å². The monoisotopic (exact) mass is 299 g/mol. The molecule has 0 unspecified atom stereocenters. The van der Waals surface area contributed by atoms with Crippen molar-refractivity contribution in [3.63, 3.8) is 0 Å². The first-order valence-corrected chi connectivity index (χ1v) is 7.60. The predicted octanol–water partition coefficient (Wildman–Crippen LogP) is 3.31. The van der Waals surface area contributed by atoms with E-state index in [2.05, 4.69) is 45.4 Å². The summed E-state index contributed by atoms with van der Waals surface area (Å²) >= 11 is 1.68. The normalized spacial score (nSPS) is 10.8. The van der Waals surface area contributed by atoms with Gasteiger partial charge in [-0.3, -0.25) is 5.43 Å². The molecule has 3 aromatic rings. The fourth-order valence-electron chi connectivity index (χ4n) is 2.22. The van der Waals surface area contributed by atoms with Gasteiger partial charge in [-0.2, -0.15) is 4.98 Å². The number of nitrogen functional groups attached to an aromatic ring is 1. The average molecular weight is 299 g/mol. The van der Waals surface area contributed by atoms with Gasteiger partial charge in [0.1, 0.15) is 10.6 Å². The molecule has 0 saturated heterocycles. The van der Waals surface area contributed by atoms with Crippen molar-refractivity contribution in [1.29, 1.82) is 0 Å². The largest absolute Gasteiger partial charge is 0.329 e. The highest BCUT2D eigenvalue weighted by atomic mass is 32.1. The number of nitrogens with two attached hydrogens (primary N) is 1. The maximum atomic E-state index is 5.50. The Morgan fingerprint density at radius 2 is 2.00 bits per heavy atom. The molecule has 5 nitrogen and oxygen atoms in total. The van der Waals surface area contributed by atoms with Crippen LogP contribution in [0, 0.1) is 0 Å². The summed E-state index contributed by atoms with van der Waals surface area (Å²) in [7, 11) is 2.00. The Morgan fingerprint density at radius 3 is 2.67 bits per heavy atom. The number of aromatic nitrogens is 2. The summed E-state index contributed by atoms with van der Waals surface area (Å²) in [5.41, 5.74) is 3.62. The molecule has 0 bridgehead atoms. The molecule has 21 heavy (non-hydrogen) atoms. The lowest BCUT2D eigenvalue weighted by Crippen LogP contribution is -2.15. The Bertz CT molecular complexity index is 753. The lowest BCUT2D eigenvalue weighted by Gasteiger charge is -2.19. The van der Waals surface area contributed by atoms with Gasteiger partial charge in [-0.05, 0) is 24.6 Å². The van der Waals surface area contributed by atoms with Crippen LogP contribution in [0.25, 0.3) is 10.2 Å². The number of hydrogen-bond donors (Lipinski definition) is 2. The van der Waals surface area contributed by atoms with Gasteiger partial charge in [-0.15, -0.1) is 11.3 Å². The molecule has 0 atom stereocenters. The van der Waals surface area contributed by atoms with Crippen LogP contribution in [0.5, 0.6) is 0 Å². The van der Waals surface area contributed by atoms with Crippen LogP contribution >= 0.6 is 11.3 Å². The van der Waals surface area contributed by atoms with Crippen LogP contribution in [0.1, 0.15) is 11.8 Å². The van der Waals surface area contributed by atoms with Gasteiger partial charge < -0.3 is 4.90 Å². The molecule has 3 rings (SSSR count). The van der Waals surface area contributed by atoms with Gasteiger partial charge in [0, 0.05) is 17.6 Å². The van der Waals surface area contributed by atoms with E-state index in [1.54, 1.807) is 11.3 Å². The van der Waals surface area contributed by atoms with E-state index >= 15 is 0 Å². The highest BCUT2D eigenvalue weighted by Crippen LogP contribution is 2.34. The number of para-hydroxylation sites is 1. The Hall–Kier alpha value is -2.18. The molecule has 3 N–H and O–H groups in total. The van der Waals surface area contributed by atoms with Crippen LogP contribution < -0.4 is 16.2 Å². The van der Waals surface area contributed by atoms with Crippen molar-refractivity contribution in [3.05, 3.63) is 41.3 Å². The second-order valence-corrected chi connectivity index (χ2v) is 5.81. The van der Waals surface area contributed by atoms with Crippen LogP contribution in [0.15, 0.2) is 36.4 Å². The molecule has 0 radical (unpaired) electrons. The standard InChI is InChI=1S/C15H17N5S/c1-3-11-9-12-13(17-15(19-16)18-14(12)21-11)20(2)10-7-5-4-6-8-10/h4-9H,3,16H2,1-2H3,(H,17,18,19). The molecule has 0 amide bonds. The van der Waals surface area contributed by atoms with E-state index in [0.717, 1.165) is 28.1 Å². The molecule has 0 spiro atoms. The second-order valence-electron chi connectivity index (χ2n) is 4.69. The van der Waals surface area contributed by atoms with Gasteiger partial charge in [-0.1, -0.05) is 25.1 Å². The molecule has 0 fully saturated rings. The summed E-state index contributed by atoms with van der Waals surface area (Å²) in [6.45, 7) is 2.14. The number of fused-ring (bicyclic) bond motifs is 1. The van der Waals surface area contributed by atoms with Crippen molar-refractivity contribution < 1.29 is 0 Å². The number of aryl methyl sites for hydroxylation is 1. The van der Waals surface area contributed by atoms with E-state index in [1.807, 2.05) is 25.2 Å². The smallest absolute Gasteiger partial charge is 0.240 e. The predicted molar refractivity (Wildman–Crippen MR) is 89.1 cm³/mol. The summed E-state index contributed by atoms with van der Waals surface area (Å²) in [5, 5.41) is 1.06. The lowest BCUT2D eigenvalue weighted by molar-refractivity contribution is 1.09. The quantitative estimate of drug-likeness (QED) is 0.571. The molecule has 0 saturated carbocycles. The van der Waals surface area contributed by atoms with Crippen LogP contribution in [0.3, 0.4) is 0 Å². The zero-order valence-electron chi connectivity index (χ0n) is 12.0. The van der Waals surface area contributed by atoms with Crippen molar-refractivity contribution in [2.45, 2.75) is 13.3 Å². The molecule has 6 heteroatoms. The summed E-state index contributed by atoms with van der Waals surface area (Å²) in [5.74, 6) is 6.79. The van der Waals surface area contributed by atoms with Crippen molar-refractivity contribution in [1.82, 2.24) is 9.97 Å². The average Bonchev–Trinajstić information content (AvgIpc) is 2.97. The Labute approximate surface area is 127 Å². The van der Waals surface area contributed by atoms with Crippen LogP contribution in [-0.4, -0.2) is 17.0 Å². The van der Waals surface area contributed by atoms with Crippen molar-refractivity contribution in [3.8, 4) is 0 Å². The van der Waals surface area contributed by atoms with E-state index in [1.165, 1.54) is 4.88 Å². The number of nitrogens with one attached hydrogen (secondary N) is 1. The maximum Gasteiger partial charge on any atom is 0.240 e. The molecular weight excluding hydrogens is 282 g/mol. The van der Waals surface area contributed by atoms with E-state index in [9.17, 15) is 0 Å². The lowest BCUT2D eigenvalue weighted by atomic mass is 10.2. The topological polar surface area (TPSA) is 67.1 Å². The van der Waals surface area contributed by atoms with Gasteiger partial charge in [-0.25, -0.2) is 10.8 Å². The van der Waals surface area contributed by atoms with Gasteiger partial charge in [0.25, 0.3) is 0 Å². The van der Waals surface area contributed by atoms with Crippen LogP contribution in [-0.2, 0) is 6.42 Å². The van der Waals surface area contributed by atoms with Crippen LogP contribution in [0.4, 0.5) is 17.5 Å². The van der Waals surface area contributed by atoms with Crippen molar-refractivity contribution in [2.24, 2.45) is 5.84 Å². The van der Waals surface area contributed by atoms with E-state index < -0.39 is 0 Å². The Kier molecular flexibility index (Phi) is 3.72. The highest BCUT2D eigenvalue weighted by molar-refractivity contribution is 7.18. The van der Waals surface area contributed by atoms with Crippen molar-refractivity contribution >= 4 is 39.0 Å². The Morgan fingerprint density at radius 1 is 1.24 bits per heavy atom. The number of hydrazine groups is 1. The molecular formula is C15H17N5S. The highest BCUT2D eigenvalue weighted by Gasteiger charge is 2.15. The first kappa shape index (κ1) is 13.8. The van der Waals surface area contributed by atoms with Gasteiger partial charge in [0.05, 0.1) is 5.39 Å². The number of thiophene rings is 1. The minimum absolute atomic E-state index is 0.435. The molecule has 2 aromatic heterocycles. The molecule has 0 aliphatic heterocycles. The fourth-order valence-corrected chi connectivity index (χ4v) is 3.19. The third kappa shape index (κ3) is 2.55. The van der Waals surface area contributed by atoms with Gasteiger partial charge in [0.2, 0.25) is 5.95 Å². The van der Waals surface area contributed by atoms with E-state index in [-0.39, 0.29) is 0 Å². The minimum Gasteiger partial charge on any atom is -0.329 e. The maximum absolute atomic E-state index is 5.50.